The number of alkyl halides is 2. The standard InChI is InChI=1S/C11H16Br3NO/c1-11(2)3-8(10(14)9(16)4-11)15-6-7(13)5-12/h7,15H,3-6H2,1-2H3. The van der Waals surface area contributed by atoms with Crippen LogP contribution in [0.4, 0.5) is 0 Å². The smallest absolute Gasteiger partial charge is 0.172 e. The molecule has 0 amide bonds. The van der Waals surface area contributed by atoms with Crippen LogP contribution in [0.5, 0.6) is 0 Å². The Morgan fingerprint density at radius 2 is 2.06 bits per heavy atom. The average Bonchev–Trinajstić information content (AvgIpc) is 2.20. The number of halogens is 3. The van der Waals surface area contributed by atoms with Crippen LogP contribution >= 0.6 is 47.8 Å². The van der Waals surface area contributed by atoms with Crippen molar-refractivity contribution >= 4 is 53.6 Å². The first kappa shape index (κ1) is 14.7. The minimum absolute atomic E-state index is 0.0624. The Hall–Kier alpha value is 0.650. The molecule has 1 unspecified atom stereocenters. The van der Waals surface area contributed by atoms with Gasteiger partial charge in [0.05, 0.1) is 4.48 Å². The van der Waals surface area contributed by atoms with Crippen molar-refractivity contribution in [1.82, 2.24) is 5.32 Å². The molecule has 0 saturated carbocycles. The molecule has 0 spiro atoms. The molecule has 0 aromatic rings. The lowest BCUT2D eigenvalue weighted by molar-refractivity contribution is -0.117. The van der Waals surface area contributed by atoms with Crippen molar-refractivity contribution in [2.45, 2.75) is 31.5 Å². The molecule has 1 atom stereocenters. The van der Waals surface area contributed by atoms with Crippen molar-refractivity contribution in [2.24, 2.45) is 5.41 Å². The first-order valence-corrected chi connectivity index (χ1v) is 8.04. The molecule has 0 saturated heterocycles. The summed E-state index contributed by atoms with van der Waals surface area (Å²) in [4.78, 5) is 12.1. The zero-order chi connectivity index (χ0) is 12.3. The maximum atomic E-state index is 11.8. The maximum Gasteiger partial charge on any atom is 0.172 e. The van der Waals surface area contributed by atoms with Gasteiger partial charge in [-0.15, -0.1) is 0 Å². The topological polar surface area (TPSA) is 29.1 Å². The summed E-state index contributed by atoms with van der Waals surface area (Å²) in [6.07, 6.45) is 1.54. The predicted octanol–water partition coefficient (Wildman–Crippen LogP) is 3.73. The van der Waals surface area contributed by atoms with Crippen LogP contribution in [-0.4, -0.2) is 22.5 Å². The number of rotatable bonds is 4. The van der Waals surface area contributed by atoms with E-state index in [1.165, 1.54) is 0 Å². The van der Waals surface area contributed by atoms with E-state index in [1.54, 1.807) is 0 Å². The molecule has 5 heteroatoms. The van der Waals surface area contributed by atoms with Gasteiger partial charge in [0.1, 0.15) is 0 Å². The van der Waals surface area contributed by atoms with E-state index >= 15 is 0 Å². The molecule has 92 valence electrons. The summed E-state index contributed by atoms with van der Waals surface area (Å²) in [6, 6.07) is 0. The molecule has 0 aliphatic heterocycles. The highest BCUT2D eigenvalue weighted by molar-refractivity contribution is 9.12. The lowest BCUT2D eigenvalue weighted by atomic mass is 9.79. The SMILES string of the molecule is CC1(C)CC(=O)C(Br)=C(NCC(Br)CBr)C1. The number of nitrogens with one attached hydrogen (secondary N) is 1. The zero-order valence-electron chi connectivity index (χ0n) is 9.45. The summed E-state index contributed by atoms with van der Waals surface area (Å²) in [5.74, 6) is 0.198. The monoisotopic (exact) mass is 415 g/mol. The zero-order valence-corrected chi connectivity index (χ0v) is 14.2. The highest BCUT2D eigenvalue weighted by Gasteiger charge is 2.31. The van der Waals surface area contributed by atoms with E-state index < -0.39 is 0 Å². The summed E-state index contributed by atoms with van der Waals surface area (Å²) in [7, 11) is 0. The Bertz CT molecular complexity index is 312. The largest absolute Gasteiger partial charge is 0.386 e. The van der Waals surface area contributed by atoms with Gasteiger partial charge in [-0.3, -0.25) is 4.79 Å². The van der Waals surface area contributed by atoms with Crippen LogP contribution in [0.15, 0.2) is 10.2 Å². The quantitative estimate of drug-likeness (QED) is 0.706. The van der Waals surface area contributed by atoms with Gasteiger partial charge in [-0.25, -0.2) is 0 Å². The molecule has 1 aliphatic carbocycles. The molecule has 2 nitrogen and oxygen atoms in total. The minimum atomic E-state index is 0.0624. The summed E-state index contributed by atoms with van der Waals surface area (Å²) < 4.78 is 0.723. The second-order valence-electron chi connectivity index (χ2n) is 4.87. The van der Waals surface area contributed by atoms with Crippen molar-refractivity contribution in [3.8, 4) is 0 Å². The maximum absolute atomic E-state index is 11.8. The Labute approximate surface area is 122 Å². The first-order chi connectivity index (χ1) is 7.35. The second kappa shape index (κ2) is 6.01. The summed E-state index contributed by atoms with van der Waals surface area (Å²) in [5.41, 5.74) is 1.10. The van der Waals surface area contributed by atoms with Gasteiger partial charge in [-0.1, -0.05) is 45.7 Å². The van der Waals surface area contributed by atoms with Crippen molar-refractivity contribution in [2.75, 3.05) is 11.9 Å². The molecule has 0 aromatic heterocycles. The van der Waals surface area contributed by atoms with Gasteiger partial charge in [0.2, 0.25) is 0 Å². The third-order valence-corrected chi connectivity index (χ3v) is 5.73. The van der Waals surface area contributed by atoms with Crippen LogP contribution in [0, 0.1) is 5.41 Å². The molecular weight excluding hydrogens is 402 g/mol. The Morgan fingerprint density at radius 1 is 1.44 bits per heavy atom. The van der Waals surface area contributed by atoms with E-state index in [1.807, 2.05) is 0 Å². The number of Topliss-reactive ketones (excluding diaryl/α,β-unsaturated/α-hetero) is 1. The fourth-order valence-corrected chi connectivity index (χ4v) is 2.54. The van der Waals surface area contributed by atoms with Gasteiger partial charge in [-0.05, 0) is 27.8 Å². The first-order valence-electron chi connectivity index (χ1n) is 5.21. The van der Waals surface area contributed by atoms with E-state index in [9.17, 15) is 4.79 Å². The van der Waals surface area contributed by atoms with Gasteiger partial charge < -0.3 is 5.32 Å². The summed E-state index contributed by atoms with van der Waals surface area (Å²) in [5, 5.41) is 4.23. The number of carbonyl (C=O) groups excluding carboxylic acids is 1. The molecule has 1 rings (SSSR count). The van der Waals surface area contributed by atoms with E-state index in [0.29, 0.717) is 11.2 Å². The molecular formula is C11H16Br3NO. The predicted molar refractivity (Wildman–Crippen MR) is 78.5 cm³/mol. The van der Waals surface area contributed by atoms with Crippen molar-refractivity contribution in [3.63, 3.8) is 0 Å². The third-order valence-electron chi connectivity index (χ3n) is 2.51. The number of carbonyl (C=O) groups is 1. The molecule has 16 heavy (non-hydrogen) atoms. The summed E-state index contributed by atoms with van der Waals surface area (Å²) >= 11 is 10.3. The fraction of sp³-hybridized carbons (Fsp3) is 0.727. The number of hydrogen-bond acceptors (Lipinski definition) is 2. The lowest BCUT2D eigenvalue weighted by Crippen LogP contribution is -2.32. The van der Waals surface area contributed by atoms with Crippen LogP contribution in [0.25, 0.3) is 0 Å². The highest BCUT2D eigenvalue weighted by atomic mass is 79.9. The molecule has 0 aromatic carbocycles. The van der Waals surface area contributed by atoms with Gasteiger partial charge >= 0.3 is 0 Å². The lowest BCUT2D eigenvalue weighted by Gasteiger charge is -2.31. The number of allylic oxidation sites excluding steroid dienone is 2. The minimum Gasteiger partial charge on any atom is -0.386 e. The van der Waals surface area contributed by atoms with Gasteiger partial charge in [0.15, 0.2) is 5.78 Å². The van der Waals surface area contributed by atoms with E-state index in [4.69, 9.17) is 0 Å². The van der Waals surface area contributed by atoms with Crippen LogP contribution in [0.1, 0.15) is 26.7 Å². The second-order valence-corrected chi connectivity index (χ2v) is 7.60. The molecule has 1 aliphatic rings. The van der Waals surface area contributed by atoms with Gasteiger partial charge in [0.25, 0.3) is 0 Å². The normalized spacial score (nSPS) is 22.2. The van der Waals surface area contributed by atoms with E-state index in [-0.39, 0.29) is 11.2 Å². The molecule has 1 N–H and O–H groups in total. The molecule has 0 fully saturated rings. The van der Waals surface area contributed by atoms with E-state index in [0.717, 1.165) is 28.5 Å². The fourth-order valence-electron chi connectivity index (χ4n) is 1.73. The number of hydrogen-bond donors (Lipinski definition) is 1. The molecule has 0 bridgehead atoms. The summed E-state index contributed by atoms with van der Waals surface area (Å²) in [6.45, 7) is 5.07. The molecule has 0 heterocycles. The van der Waals surface area contributed by atoms with Crippen molar-refractivity contribution in [3.05, 3.63) is 10.2 Å². The van der Waals surface area contributed by atoms with Crippen molar-refractivity contribution < 1.29 is 4.79 Å². The van der Waals surface area contributed by atoms with E-state index in [2.05, 4.69) is 67.0 Å². The Kier molecular flexibility index (Phi) is 5.52. The van der Waals surface area contributed by atoms with Crippen molar-refractivity contribution in [1.29, 1.82) is 0 Å². The highest BCUT2D eigenvalue weighted by Crippen LogP contribution is 2.37. The van der Waals surface area contributed by atoms with Crippen LogP contribution in [0.2, 0.25) is 0 Å². The van der Waals surface area contributed by atoms with Gasteiger partial charge in [-0.2, -0.15) is 0 Å². The third kappa shape index (κ3) is 4.15. The Morgan fingerprint density at radius 3 is 2.62 bits per heavy atom. The molecule has 0 radical (unpaired) electrons. The van der Waals surface area contributed by atoms with Gasteiger partial charge in [0, 0.05) is 28.8 Å². The average molecular weight is 418 g/mol. The Balaban J connectivity index is 2.69. The van der Waals surface area contributed by atoms with Crippen LogP contribution in [-0.2, 0) is 4.79 Å². The van der Waals surface area contributed by atoms with Crippen LogP contribution < -0.4 is 5.32 Å². The number of ketones is 1. The van der Waals surface area contributed by atoms with Crippen LogP contribution in [0.3, 0.4) is 0 Å².